The second-order valence-corrected chi connectivity index (χ2v) is 11.0. The highest BCUT2D eigenvalue weighted by Gasteiger charge is 2.39. The number of aliphatic hydroxyl groups excluding tert-OH is 2. The maximum atomic E-state index is 12.5. The zero-order chi connectivity index (χ0) is 28.0. The van der Waals surface area contributed by atoms with E-state index in [0.717, 1.165) is 22.6 Å². The minimum absolute atomic E-state index is 0.0474. The molecule has 1 fully saturated rings. The first-order chi connectivity index (χ1) is 18.9. The molecule has 2 N–H and O–H groups in total. The standard InChI is InChI=1S/C31H38O7S/c1-37-20-23-8-5-7-22(17-23)18-25(32)12-13-26-27(29(34)19-28(26)33)14-16-39-15-6-11-31(36)38-21-30(35)24-9-3-2-4-10-24/h2-5,7-10,12-13,17,25-28,32-33H,6,11,14-16,18-21H2,1H3/t25-,26-,27-,28-/m1/s1. The second-order valence-electron chi connectivity index (χ2n) is 9.79. The Morgan fingerprint density at radius 1 is 1.10 bits per heavy atom. The number of hydrogen-bond donors (Lipinski definition) is 2. The SMILES string of the molecule is COCc1cccc(C[C@H](O)C=C[C@H]2[C@H](O)CC(=O)[C@@H]2CCSCCCC(=O)OCC(=O)c2ccccc2)c1. The van der Waals surface area contributed by atoms with Crippen LogP contribution >= 0.6 is 11.8 Å². The molecule has 0 aliphatic heterocycles. The molecule has 1 aliphatic rings. The van der Waals surface area contributed by atoms with E-state index < -0.39 is 18.2 Å². The fraction of sp³-hybridized carbons (Fsp3) is 0.452. The number of benzene rings is 2. The smallest absolute Gasteiger partial charge is 0.306 e. The molecule has 8 heteroatoms. The van der Waals surface area contributed by atoms with Gasteiger partial charge in [-0.2, -0.15) is 11.8 Å². The van der Waals surface area contributed by atoms with Crippen molar-refractivity contribution in [3.63, 3.8) is 0 Å². The van der Waals surface area contributed by atoms with E-state index in [1.807, 2.05) is 30.3 Å². The van der Waals surface area contributed by atoms with Crippen LogP contribution < -0.4 is 0 Å². The Hall–Kier alpha value is -2.78. The molecule has 2 aromatic carbocycles. The Balaban J connectivity index is 1.35. The predicted octanol–water partition coefficient (Wildman–Crippen LogP) is 4.19. The summed E-state index contributed by atoms with van der Waals surface area (Å²) in [4.78, 5) is 36.5. The van der Waals surface area contributed by atoms with Crippen LogP contribution in [-0.2, 0) is 32.1 Å². The molecule has 3 rings (SSSR count). The number of carbonyl (C=O) groups excluding carboxylic acids is 3. The minimum Gasteiger partial charge on any atom is -0.457 e. The molecule has 0 unspecified atom stereocenters. The van der Waals surface area contributed by atoms with Crippen molar-refractivity contribution in [3.8, 4) is 0 Å². The number of aliphatic hydroxyl groups is 2. The number of methoxy groups -OCH3 is 1. The van der Waals surface area contributed by atoms with Gasteiger partial charge in [-0.3, -0.25) is 14.4 Å². The summed E-state index contributed by atoms with van der Waals surface area (Å²) in [6.45, 7) is 0.252. The molecule has 0 spiro atoms. The van der Waals surface area contributed by atoms with Gasteiger partial charge in [0.05, 0.1) is 18.8 Å². The van der Waals surface area contributed by atoms with Crippen LogP contribution in [0.25, 0.3) is 0 Å². The number of hydrogen-bond acceptors (Lipinski definition) is 8. The average molecular weight is 555 g/mol. The van der Waals surface area contributed by atoms with E-state index in [2.05, 4.69) is 0 Å². The molecule has 2 aromatic rings. The summed E-state index contributed by atoms with van der Waals surface area (Å²) in [5.41, 5.74) is 2.54. The minimum atomic E-state index is -0.741. The molecule has 7 nitrogen and oxygen atoms in total. The first kappa shape index (κ1) is 30.8. The van der Waals surface area contributed by atoms with E-state index in [9.17, 15) is 24.6 Å². The Morgan fingerprint density at radius 2 is 1.87 bits per heavy atom. The monoisotopic (exact) mass is 554 g/mol. The third-order valence-electron chi connectivity index (χ3n) is 6.74. The van der Waals surface area contributed by atoms with E-state index in [0.29, 0.717) is 31.4 Å². The molecule has 0 radical (unpaired) electrons. The molecular formula is C31H38O7S. The number of esters is 1. The second kappa shape index (κ2) is 16.4. The summed E-state index contributed by atoms with van der Waals surface area (Å²) in [5, 5.41) is 21.0. The normalized spacial score (nSPS) is 19.9. The highest BCUT2D eigenvalue weighted by molar-refractivity contribution is 7.99. The summed E-state index contributed by atoms with van der Waals surface area (Å²) in [6, 6.07) is 16.6. The molecule has 0 heterocycles. The lowest BCUT2D eigenvalue weighted by Gasteiger charge is -2.18. The molecule has 0 saturated heterocycles. The van der Waals surface area contributed by atoms with Crippen molar-refractivity contribution in [1.29, 1.82) is 0 Å². The number of rotatable bonds is 16. The van der Waals surface area contributed by atoms with Crippen LogP contribution in [-0.4, -0.2) is 65.2 Å². The van der Waals surface area contributed by atoms with Gasteiger partial charge in [0.2, 0.25) is 0 Å². The van der Waals surface area contributed by atoms with Gasteiger partial charge in [0.25, 0.3) is 0 Å². The molecular weight excluding hydrogens is 516 g/mol. The van der Waals surface area contributed by atoms with Crippen molar-refractivity contribution in [3.05, 3.63) is 83.4 Å². The highest BCUT2D eigenvalue weighted by Crippen LogP contribution is 2.34. The van der Waals surface area contributed by atoms with Crippen LogP contribution in [0.15, 0.2) is 66.7 Å². The molecule has 1 aliphatic carbocycles. The first-order valence-electron chi connectivity index (χ1n) is 13.3. The molecule has 0 amide bonds. The summed E-state index contributed by atoms with van der Waals surface area (Å²) in [5.74, 6) is 0.277. The van der Waals surface area contributed by atoms with Gasteiger partial charge in [-0.15, -0.1) is 0 Å². The van der Waals surface area contributed by atoms with Gasteiger partial charge >= 0.3 is 5.97 Å². The Morgan fingerprint density at radius 3 is 2.64 bits per heavy atom. The van der Waals surface area contributed by atoms with Gasteiger partial charge in [0, 0.05) is 43.8 Å². The van der Waals surface area contributed by atoms with E-state index in [1.165, 1.54) is 0 Å². The van der Waals surface area contributed by atoms with Crippen LogP contribution in [0.1, 0.15) is 47.2 Å². The maximum absolute atomic E-state index is 12.5. The highest BCUT2D eigenvalue weighted by atomic mass is 32.2. The van der Waals surface area contributed by atoms with Crippen molar-refractivity contribution in [2.24, 2.45) is 11.8 Å². The number of ether oxygens (including phenoxy) is 2. The predicted molar refractivity (Wildman–Crippen MR) is 152 cm³/mol. The topological polar surface area (TPSA) is 110 Å². The van der Waals surface area contributed by atoms with Crippen molar-refractivity contribution in [1.82, 2.24) is 0 Å². The third-order valence-corrected chi connectivity index (χ3v) is 7.84. The van der Waals surface area contributed by atoms with Gasteiger partial charge in [-0.05, 0) is 35.5 Å². The molecule has 4 atom stereocenters. The van der Waals surface area contributed by atoms with Crippen LogP contribution in [0.4, 0.5) is 0 Å². The largest absolute Gasteiger partial charge is 0.457 e. The van der Waals surface area contributed by atoms with Crippen LogP contribution in [0.3, 0.4) is 0 Å². The Bertz CT molecular complexity index is 1100. The fourth-order valence-corrected chi connectivity index (χ4v) is 5.70. The van der Waals surface area contributed by atoms with E-state index in [-0.39, 0.29) is 42.9 Å². The van der Waals surface area contributed by atoms with Gasteiger partial charge in [-0.1, -0.05) is 66.7 Å². The number of carbonyl (C=O) groups is 3. The van der Waals surface area contributed by atoms with Gasteiger partial charge in [-0.25, -0.2) is 0 Å². The summed E-state index contributed by atoms with van der Waals surface area (Å²) in [7, 11) is 1.64. The molecule has 210 valence electrons. The van der Waals surface area contributed by atoms with Crippen LogP contribution in [0, 0.1) is 11.8 Å². The third kappa shape index (κ3) is 10.4. The lowest BCUT2D eigenvalue weighted by molar-refractivity contribution is -0.142. The summed E-state index contributed by atoms with van der Waals surface area (Å²) in [6.07, 6.45) is 4.06. The summed E-state index contributed by atoms with van der Waals surface area (Å²) >= 11 is 1.65. The van der Waals surface area contributed by atoms with Gasteiger partial charge in [0.15, 0.2) is 12.4 Å². The van der Waals surface area contributed by atoms with Crippen molar-refractivity contribution in [2.75, 3.05) is 25.2 Å². The summed E-state index contributed by atoms with van der Waals surface area (Å²) < 4.78 is 10.2. The van der Waals surface area contributed by atoms with Gasteiger partial charge in [0.1, 0.15) is 5.78 Å². The lowest BCUT2D eigenvalue weighted by atomic mass is 9.91. The van der Waals surface area contributed by atoms with Crippen LogP contribution in [0.2, 0.25) is 0 Å². The molecule has 0 aromatic heterocycles. The number of ketones is 2. The van der Waals surface area contributed by atoms with Crippen molar-refractivity contribution in [2.45, 2.75) is 50.9 Å². The van der Waals surface area contributed by atoms with E-state index in [1.54, 1.807) is 55.3 Å². The fourth-order valence-electron chi connectivity index (χ4n) is 4.73. The van der Waals surface area contributed by atoms with E-state index >= 15 is 0 Å². The lowest BCUT2D eigenvalue weighted by Crippen LogP contribution is -2.20. The Kier molecular flexibility index (Phi) is 12.9. The molecule has 0 bridgehead atoms. The van der Waals surface area contributed by atoms with E-state index in [4.69, 9.17) is 9.47 Å². The van der Waals surface area contributed by atoms with Gasteiger partial charge < -0.3 is 19.7 Å². The Labute approximate surface area is 234 Å². The van der Waals surface area contributed by atoms with Crippen molar-refractivity contribution >= 4 is 29.3 Å². The zero-order valence-corrected chi connectivity index (χ0v) is 23.2. The molecule has 39 heavy (non-hydrogen) atoms. The zero-order valence-electron chi connectivity index (χ0n) is 22.4. The number of thioether (sulfide) groups is 1. The van der Waals surface area contributed by atoms with Crippen LogP contribution in [0.5, 0.6) is 0 Å². The molecule has 1 saturated carbocycles. The quantitative estimate of drug-likeness (QED) is 0.138. The maximum Gasteiger partial charge on any atom is 0.306 e. The first-order valence-corrected chi connectivity index (χ1v) is 14.5. The average Bonchev–Trinajstić information content (AvgIpc) is 3.20. The van der Waals surface area contributed by atoms with Crippen molar-refractivity contribution < 1.29 is 34.1 Å². The number of Topliss-reactive ketones (excluding diaryl/α,β-unsaturated/α-hetero) is 2.